The molecule has 1 atom stereocenters. The van der Waals surface area contributed by atoms with Gasteiger partial charge in [0.15, 0.2) is 0 Å². The fourth-order valence-electron chi connectivity index (χ4n) is 1.53. The smallest absolute Gasteiger partial charge is 0.0340 e. The minimum absolute atomic E-state index is 0.531. The molecule has 0 amide bonds. The predicted molar refractivity (Wildman–Crippen MR) is 75.6 cm³/mol. The minimum Gasteiger partial charge on any atom is -0.385 e. The highest BCUT2D eigenvalue weighted by atomic mass is 32.1. The normalized spacial score (nSPS) is 12.4. The Morgan fingerprint density at radius 2 is 1.94 bits per heavy atom. The molecular weight excluding hydrogens is 216 g/mol. The summed E-state index contributed by atoms with van der Waals surface area (Å²) in [5.41, 5.74) is 2.57. The van der Waals surface area contributed by atoms with Gasteiger partial charge in [-0.1, -0.05) is 12.1 Å². The van der Waals surface area contributed by atoms with Crippen LogP contribution in [-0.2, 0) is 6.42 Å². The van der Waals surface area contributed by atoms with E-state index in [0.29, 0.717) is 6.04 Å². The lowest BCUT2D eigenvalue weighted by Crippen LogP contribution is -2.23. The van der Waals surface area contributed by atoms with Crippen LogP contribution in [0.1, 0.15) is 18.9 Å². The van der Waals surface area contributed by atoms with Gasteiger partial charge in [0.25, 0.3) is 0 Å². The van der Waals surface area contributed by atoms with Gasteiger partial charge < -0.3 is 10.6 Å². The lowest BCUT2D eigenvalue weighted by atomic mass is 10.1. The maximum atomic E-state index is 4.18. The van der Waals surface area contributed by atoms with E-state index in [1.54, 1.807) is 0 Å². The van der Waals surface area contributed by atoms with Crippen molar-refractivity contribution in [2.75, 3.05) is 24.7 Å². The summed E-state index contributed by atoms with van der Waals surface area (Å²) in [5, 5.41) is 6.62. The Kier molecular flexibility index (Phi) is 6.34. The van der Waals surface area contributed by atoms with E-state index in [2.05, 4.69) is 54.5 Å². The van der Waals surface area contributed by atoms with Crippen molar-refractivity contribution in [2.45, 2.75) is 25.8 Å². The molecule has 2 N–H and O–H groups in total. The highest BCUT2D eigenvalue weighted by molar-refractivity contribution is 7.80. The third-order valence-electron chi connectivity index (χ3n) is 2.65. The zero-order valence-electron chi connectivity index (χ0n) is 10.2. The zero-order valence-corrected chi connectivity index (χ0v) is 11.1. The summed E-state index contributed by atoms with van der Waals surface area (Å²) >= 11 is 4.18. The van der Waals surface area contributed by atoms with E-state index in [0.717, 1.165) is 25.1 Å². The van der Waals surface area contributed by atoms with Crippen LogP contribution in [0.4, 0.5) is 5.69 Å². The van der Waals surface area contributed by atoms with Crippen molar-refractivity contribution < 1.29 is 0 Å². The van der Waals surface area contributed by atoms with Crippen LogP contribution in [0.3, 0.4) is 0 Å². The second-order valence-electron chi connectivity index (χ2n) is 4.09. The molecule has 0 aliphatic rings. The van der Waals surface area contributed by atoms with Crippen LogP contribution in [0, 0.1) is 0 Å². The fraction of sp³-hybridized carbons (Fsp3) is 0.538. The molecule has 1 rings (SSSR count). The van der Waals surface area contributed by atoms with Crippen molar-refractivity contribution in [3.05, 3.63) is 29.8 Å². The number of likely N-dealkylation sites (N-methyl/N-ethyl adjacent to an activating group) is 1. The second kappa shape index (κ2) is 7.58. The number of thiol groups is 1. The summed E-state index contributed by atoms with van der Waals surface area (Å²) in [5.74, 6) is 0.935. The Bertz CT molecular complexity index is 284. The Morgan fingerprint density at radius 3 is 2.50 bits per heavy atom. The van der Waals surface area contributed by atoms with Crippen LogP contribution in [0.15, 0.2) is 24.3 Å². The summed E-state index contributed by atoms with van der Waals surface area (Å²) in [4.78, 5) is 0. The van der Waals surface area contributed by atoms with Crippen molar-refractivity contribution >= 4 is 18.3 Å². The van der Waals surface area contributed by atoms with Gasteiger partial charge in [0.1, 0.15) is 0 Å². The zero-order chi connectivity index (χ0) is 11.8. The lowest BCUT2D eigenvalue weighted by molar-refractivity contribution is 0.608. The quantitative estimate of drug-likeness (QED) is 0.502. The summed E-state index contributed by atoms with van der Waals surface area (Å²) in [6.07, 6.45) is 2.18. The SMILES string of the molecule is CN[C@H](C)Cc1ccc(NCCCS)cc1. The summed E-state index contributed by atoms with van der Waals surface area (Å²) in [6, 6.07) is 9.21. The van der Waals surface area contributed by atoms with Gasteiger partial charge in [-0.05, 0) is 50.3 Å². The average molecular weight is 238 g/mol. The largest absolute Gasteiger partial charge is 0.385 e. The summed E-state index contributed by atoms with van der Waals surface area (Å²) in [6.45, 7) is 3.19. The molecule has 0 aliphatic carbocycles. The predicted octanol–water partition coefficient (Wildman–Crippen LogP) is 2.57. The van der Waals surface area contributed by atoms with E-state index in [4.69, 9.17) is 0 Å². The van der Waals surface area contributed by atoms with Crippen molar-refractivity contribution in [2.24, 2.45) is 0 Å². The van der Waals surface area contributed by atoms with Crippen LogP contribution >= 0.6 is 12.6 Å². The maximum absolute atomic E-state index is 4.18. The van der Waals surface area contributed by atoms with E-state index in [1.165, 1.54) is 11.3 Å². The first-order valence-corrected chi connectivity index (χ1v) is 6.50. The molecule has 2 nitrogen and oxygen atoms in total. The van der Waals surface area contributed by atoms with Crippen LogP contribution in [0.25, 0.3) is 0 Å². The molecule has 0 aromatic heterocycles. The van der Waals surface area contributed by atoms with Gasteiger partial charge in [0.05, 0.1) is 0 Å². The number of rotatable bonds is 7. The second-order valence-corrected chi connectivity index (χ2v) is 4.54. The molecule has 0 saturated carbocycles. The minimum atomic E-state index is 0.531. The molecule has 0 heterocycles. The van der Waals surface area contributed by atoms with Crippen molar-refractivity contribution in [3.63, 3.8) is 0 Å². The van der Waals surface area contributed by atoms with E-state index < -0.39 is 0 Å². The van der Waals surface area contributed by atoms with Crippen molar-refractivity contribution in [3.8, 4) is 0 Å². The summed E-state index contributed by atoms with van der Waals surface area (Å²) in [7, 11) is 2.00. The Hall–Kier alpha value is -0.670. The highest BCUT2D eigenvalue weighted by Gasteiger charge is 2.00. The van der Waals surface area contributed by atoms with Crippen LogP contribution in [0.2, 0.25) is 0 Å². The van der Waals surface area contributed by atoms with E-state index in [1.807, 2.05) is 7.05 Å². The first-order chi connectivity index (χ1) is 7.76. The van der Waals surface area contributed by atoms with Crippen LogP contribution in [-0.4, -0.2) is 25.4 Å². The van der Waals surface area contributed by atoms with Gasteiger partial charge >= 0.3 is 0 Å². The van der Waals surface area contributed by atoms with Crippen molar-refractivity contribution in [1.82, 2.24) is 5.32 Å². The first kappa shape index (κ1) is 13.4. The van der Waals surface area contributed by atoms with Gasteiger partial charge in [-0.15, -0.1) is 0 Å². The summed E-state index contributed by atoms with van der Waals surface area (Å²) < 4.78 is 0. The monoisotopic (exact) mass is 238 g/mol. The first-order valence-electron chi connectivity index (χ1n) is 5.87. The van der Waals surface area contributed by atoms with Gasteiger partial charge in [0, 0.05) is 18.3 Å². The maximum Gasteiger partial charge on any atom is 0.0340 e. The number of anilines is 1. The molecule has 0 radical (unpaired) electrons. The van der Waals surface area contributed by atoms with E-state index in [-0.39, 0.29) is 0 Å². The third-order valence-corrected chi connectivity index (χ3v) is 2.97. The van der Waals surface area contributed by atoms with Crippen LogP contribution in [0.5, 0.6) is 0 Å². The molecule has 3 heteroatoms. The molecule has 1 aromatic rings. The fourth-order valence-corrected chi connectivity index (χ4v) is 1.68. The molecule has 0 aliphatic heterocycles. The number of benzene rings is 1. The topological polar surface area (TPSA) is 24.1 Å². The molecule has 0 bridgehead atoms. The average Bonchev–Trinajstić information content (AvgIpc) is 2.31. The third kappa shape index (κ3) is 4.90. The molecule has 0 fully saturated rings. The molecule has 0 saturated heterocycles. The standard InChI is InChI=1S/C13H22N2S/c1-11(14-2)10-12-4-6-13(7-5-12)15-8-3-9-16/h4-7,11,14-16H,3,8-10H2,1-2H3/t11-/m1/s1. The van der Waals surface area contributed by atoms with Gasteiger partial charge in [-0.2, -0.15) is 12.6 Å². The van der Waals surface area contributed by atoms with Gasteiger partial charge in [-0.25, -0.2) is 0 Å². The molecular formula is C13H22N2S. The molecule has 0 unspecified atom stereocenters. The molecule has 1 aromatic carbocycles. The lowest BCUT2D eigenvalue weighted by Gasteiger charge is -2.11. The van der Waals surface area contributed by atoms with Gasteiger partial charge in [0.2, 0.25) is 0 Å². The Labute approximate surface area is 104 Å². The molecule has 0 spiro atoms. The van der Waals surface area contributed by atoms with E-state index in [9.17, 15) is 0 Å². The molecule has 16 heavy (non-hydrogen) atoms. The van der Waals surface area contributed by atoms with Crippen molar-refractivity contribution in [1.29, 1.82) is 0 Å². The van der Waals surface area contributed by atoms with Gasteiger partial charge in [-0.3, -0.25) is 0 Å². The number of nitrogens with one attached hydrogen (secondary N) is 2. The van der Waals surface area contributed by atoms with Crippen LogP contribution < -0.4 is 10.6 Å². The number of hydrogen-bond donors (Lipinski definition) is 3. The highest BCUT2D eigenvalue weighted by Crippen LogP contribution is 2.11. The Balaban J connectivity index is 2.41. The van der Waals surface area contributed by atoms with E-state index >= 15 is 0 Å². The molecule has 90 valence electrons. The number of hydrogen-bond acceptors (Lipinski definition) is 3. The Morgan fingerprint density at radius 1 is 1.25 bits per heavy atom.